The Morgan fingerprint density at radius 1 is 1.00 bits per heavy atom. The van der Waals surface area contributed by atoms with Gasteiger partial charge in [0.1, 0.15) is 0 Å². The van der Waals surface area contributed by atoms with Gasteiger partial charge in [-0.1, -0.05) is 0 Å². The standard InChI is InChI=1S/C19H23N3O4/c23-17-10-19(5-8-21(11-19)18(24)20-6-1-2-7-20)12-22(17)14-3-4-15-16(9-14)26-13-25-15/h3-4,9H,1-2,5-8,10-13H2. The van der Waals surface area contributed by atoms with Crippen LogP contribution in [0.5, 0.6) is 11.5 Å². The molecule has 7 nitrogen and oxygen atoms in total. The summed E-state index contributed by atoms with van der Waals surface area (Å²) < 4.78 is 10.8. The van der Waals surface area contributed by atoms with Crippen molar-refractivity contribution < 1.29 is 19.1 Å². The van der Waals surface area contributed by atoms with Crippen LogP contribution in [0.1, 0.15) is 25.7 Å². The Balaban J connectivity index is 1.31. The van der Waals surface area contributed by atoms with Gasteiger partial charge >= 0.3 is 6.03 Å². The molecule has 0 radical (unpaired) electrons. The number of nitrogens with zero attached hydrogens (tertiary/aromatic N) is 3. The smallest absolute Gasteiger partial charge is 0.320 e. The summed E-state index contributed by atoms with van der Waals surface area (Å²) in [5.41, 5.74) is 0.725. The zero-order chi connectivity index (χ0) is 17.7. The summed E-state index contributed by atoms with van der Waals surface area (Å²) in [6.45, 7) is 4.04. The van der Waals surface area contributed by atoms with Crippen LogP contribution in [0.3, 0.4) is 0 Å². The van der Waals surface area contributed by atoms with E-state index in [1.165, 1.54) is 0 Å². The minimum atomic E-state index is -0.122. The number of fused-ring (bicyclic) bond motifs is 1. The van der Waals surface area contributed by atoms with Crippen LogP contribution in [0.4, 0.5) is 10.5 Å². The highest BCUT2D eigenvalue weighted by molar-refractivity contribution is 5.97. The molecule has 0 aliphatic carbocycles. The van der Waals surface area contributed by atoms with Gasteiger partial charge in [0.25, 0.3) is 0 Å². The van der Waals surface area contributed by atoms with E-state index in [9.17, 15) is 9.59 Å². The molecule has 7 heteroatoms. The highest BCUT2D eigenvalue weighted by atomic mass is 16.7. The molecule has 0 bridgehead atoms. The molecule has 3 amide bonds. The van der Waals surface area contributed by atoms with E-state index in [4.69, 9.17) is 9.47 Å². The van der Waals surface area contributed by atoms with E-state index in [2.05, 4.69) is 0 Å². The molecule has 4 aliphatic rings. The van der Waals surface area contributed by atoms with E-state index in [-0.39, 0.29) is 24.1 Å². The van der Waals surface area contributed by atoms with E-state index in [0.717, 1.165) is 50.3 Å². The van der Waals surface area contributed by atoms with Crippen molar-refractivity contribution in [2.75, 3.05) is 44.4 Å². The van der Waals surface area contributed by atoms with Gasteiger partial charge in [-0.3, -0.25) is 4.79 Å². The zero-order valence-corrected chi connectivity index (χ0v) is 14.8. The highest BCUT2D eigenvalue weighted by Gasteiger charge is 2.49. The molecule has 3 fully saturated rings. The van der Waals surface area contributed by atoms with Crippen molar-refractivity contribution in [1.29, 1.82) is 0 Å². The Morgan fingerprint density at radius 2 is 1.81 bits per heavy atom. The molecule has 1 atom stereocenters. The third kappa shape index (κ3) is 2.48. The lowest BCUT2D eigenvalue weighted by molar-refractivity contribution is -0.117. The first-order valence-corrected chi connectivity index (χ1v) is 9.38. The number of hydrogen-bond donors (Lipinski definition) is 0. The van der Waals surface area contributed by atoms with E-state index < -0.39 is 0 Å². The van der Waals surface area contributed by atoms with Crippen LogP contribution in [0.2, 0.25) is 0 Å². The molecule has 3 saturated heterocycles. The molecule has 4 aliphatic heterocycles. The van der Waals surface area contributed by atoms with Crippen LogP contribution in [-0.4, -0.2) is 61.3 Å². The van der Waals surface area contributed by atoms with Gasteiger partial charge in [-0.25, -0.2) is 4.79 Å². The van der Waals surface area contributed by atoms with Crippen LogP contribution < -0.4 is 14.4 Å². The van der Waals surface area contributed by atoms with Crippen LogP contribution in [0, 0.1) is 5.41 Å². The van der Waals surface area contributed by atoms with Crippen molar-refractivity contribution >= 4 is 17.6 Å². The molecule has 1 aromatic carbocycles. The summed E-state index contributed by atoms with van der Waals surface area (Å²) in [6.07, 6.45) is 3.59. The van der Waals surface area contributed by atoms with Gasteiger partial charge in [0.15, 0.2) is 11.5 Å². The second-order valence-electron chi connectivity index (χ2n) is 7.84. The lowest BCUT2D eigenvalue weighted by atomic mass is 9.86. The van der Waals surface area contributed by atoms with E-state index in [1.54, 1.807) is 0 Å². The largest absolute Gasteiger partial charge is 0.454 e. The maximum absolute atomic E-state index is 12.7. The predicted molar refractivity (Wildman–Crippen MR) is 94.4 cm³/mol. The Hall–Kier alpha value is -2.44. The fourth-order valence-electron chi connectivity index (χ4n) is 4.66. The minimum Gasteiger partial charge on any atom is -0.454 e. The number of anilines is 1. The lowest BCUT2D eigenvalue weighted by Gasteiger charge is -2.27. The van der Waals surface area contributed by atoms with E-state index >= 15 is 0 Å². The monoisotopic (exact) mass is 357 g/mol. The summed E-state index contributed by atoms with van der Waals surface area (Å²) in [6, 6.07) is 5.79. The minimum absolute atomic E-state index is 0.122. The maximum Gasteiger partial charge on any atom is 0.320 e. The molecule has 1 unspecified atom stereocenters. The number of benzene rings is 1. The van der Waals surface area contributed by atoms with Gasteiger partial charge in [0.05, 0.1) is 0 Å². The van der Waals surface area contributed by atoms with Crippen molar-refractivity contribution in [3.63, 3.8) is 0 Å². The Labute approximate surface area is 152 Å². The number of amides is 3. The molecule has 4 heterocycles. The second-order valence-corrected chi connectivity index (χ2v) is 7.84. The molecule has 5 rings (SSSR count). The molecule has 26 heavy (non-hydrogen) atoms. The van der Waals surface area contributed by atoms with Crippen molar-refractivity contribution in [3.8, 4) is 11.5 Å². The first-order chi connectivity index (χ1) is 12.6. The van der Waals surface area contributed by atoms with Gasteiger partial charge in [0, 0.05) is 56.3 Å². The van der Waals surface area contributed by atoms with Gasteiger partial charge in [0.2, 0.25) is 12.7 Å². The van der Waals surface area contributed by atoms with Crippen LogP contribution in [0.15, 0.2) is 18.2 Å². The molecule has 0 aromatic heterocycles. The number of likely N-dealkylation sites (tertiary alicyclic amines) is 2. The lowest BCUT2D eigenvalue weighted by Crippen LogP contribution is -2.42. The Bertz CT molecular complexity index is 761. The number of rotatable bonds is 1. The third-order valence-electron chi connectivity index (χ3n) is 6.07. The first-order valence-electron chi connectivity index (χ1n) is 9.38. The SMILES string of the molecule is O=C(N1CCCC1)N1CCC2(CC(=O)N(c3ccc4c(c3)OCO4)C2)C1. The molecule has 0 N–H and O–H groups in total. The Morgan fingerprint density at radius 3 is 2.65 bits per heavy atom. The quantitative estimate of drug-likeness (QED) is 0.772. The summed E-state index contributed by atoms with van der Waals surface area (Å²) >= 11 is 0. The van der Waals surface area contributed by atoms with Crippen LogP contribution in [0.25, 0.3) is 0 Å². The fraction of sp³-hybridized carbons (Fsp3) is 0.579. The molecular formula is C19H23N3O4. The van der Waals surface area contributed by atoms with E-state index in [1.807, 2.05) is 32.9 Å². The first kappa shape index (κ1) is 15.8. The molecule has 0 saturated carbocycles. The van der Waals surface area contributed by atoms with Gasteiger partial charge in [-0.15, -0.1) is 0 Å². The summed E-state index contributed by atoms with van der Waals surface area (Å²) in [7, 11) is 0. The number of urea groups is 1. The molecule has 1 spiro atoms. The van der Waals surface area contributed by atoms with Crippen LogP contribution >= 0.6 is 0 Å². The average molecular weight is 357 g/mol. The van der Waals surface area contributed by atoms with Crippen molar-refractivity contribution in [1.82, 2.24) is 9.80 Å². The number of ether oxygens (including phenoxy) is 2. The summed E-state index contributed by atoms with van der Waals surface area (Å²) in [4.78, 5) is 31.1. The number of carbonyl (C=O) groups is 2. The van der Waals surface area contributed by atoms with Crippen LogP contribution in [-0.2, 0) is 4.79 Å². The predicted octanol–water partition coefficient (Wildman–Crippen LogP) is 2.06. The normalized spacial score (nSPS) is 27.2. The van der Waals surface area contributed by atoms with Crippen molar-refractivity contribution in [2.24, 2.45) is 5.41 Å². The number of hydrogen-bond acceptors (Lipinski definition) is 4. The average Bonchev–Trinajstić information content (AvgIpc) is 3.42. The van der Waals surface area contributed by atoms with Crippen molar-refractivity contribution in [2.45, 2.75) is 25.7 Å². The summed E-state index contributed by atoms with van der Waals surface area (Å²) in [5, 5.41) is 0. The highest BCUT2D eigenvalue weighted by Crippen LogP contribution is 2.44. The summed E-state index contributed by atoms with van der Waals surface area (Å²) in [5.74, 6) is 1.53. The Kier molecular flexibility index (Phi) is 3.52. The molecule has 1 aromatic rings. The maximum atomic E-state index is 12.7. The van der Waals surface area contributed by atoms with Gasteiger partial charge in [-0.2, -0.15) is 0 Å². The van der Waals surface area contributed by atoms with Crippen molar-refractivity contribution in [3.05, 3.63) is 18.2 Å². The third-order valence-corrected chi connectivity index (χ3v) is 6.07. The zero-order valence-electron chi connectivity index (χ0n) is 14.8. The second kappa shape index (κ2) is 5.79. The molecule has 138 valence electrons. The molecular weight excluding hydrogens is 334 g/mol. The number of carbonyl (C=O) groups excluding carboxylic acids is 2. The van der Waals surface area contributed by atoms with Gasteiger partial charge < -0.3 is 24.2 Å². The fourth-order valence-corrected chi connectivity index (χ4v) is 4.66. The van der Waals surface area contributed by atoms with Gasteiger partial charge in [-0.05, 0) is 31.4 Å². The topological polar surface area (TPSA) is 62.3 Å². The van der Waals surface area contributed by atoms with E-state index in [0.29, 0.717) is 25.3 Å².